The highest BCUT2D eigenvalue weighted by Crippen LogP contribution is 2.22. The molecule has 2 saturated heterocycles. The summed E-state index contributed by atoms with van der Waals surface area (Å²) < 4.78 is 0. The molecule has 2 aliphatic rings. The molecular formula is C15H29N3O. The second-order valence-electron chi connectivity index (χ2n) is 6.26. The zero-order valence-corrected chi connectivity index (χ0v) is 12.7. The van der Waals surface area contributed by atoms with Gasteiger partial charge >= 0.3 is 0 Å². The fourth-order valence-corrected chi connectivity index (χ4v) is 3.43. The molecule has 2 unspecified atom stereocenters. The van der Waals surface area contributed by atoms with E-state index < -0.39 is 0 Å². The number of carbonyl (C=O) groups is 1. The van der Waals surface area contributed by atoms with E-state index >= 15 is 0 Å². The third-order valence-electron chi connectivity index (χ3n) is 4.83. The van der Waals surface area contributed by atoms with E-state index in [4.69, 9.17) is 0 Å². The van der Waals surface area contributed by atoms with Crippen LogP contribution in [0.2, 0.25) is 0 Å². The molecule has 2 fully saturated rings. The van der Waals surface area contributed by atoms with Crippen LogP contribution in [0.4, 0.5) is 0 Å². The Balaban J connectivity index is 1.83. The molecule has 2 rings (SSSR count). The lowest BCUT2D eigenvalue weighted by Gasteiger charge is -2.38. The Morgan fingerprint density at radius 1 is 1.32 bits per heavy atom. The summed E-state index contributed by atoms with van der Waals surface area (Å²) in [7, 11) is 2.01. The highest BCUT2D eigenvalue weighted by atomic mass is 16.2. The molecule has 0 aromatic carbocycles. The minimum Gasteiger partial charge on any atom is -0.342 e. The molecule has 0 saturated carbocycles. The van der Waals surface area contributed by atoms with Crippen molar-refractivity contribution in [2.24, 2.45) is 11.8 Å². The van der Waals surface area contributed by atoms with E-state index in [1.807, 2.05) is 11.9 Å². The zero-order chi connectivity index (χ0) is 13.8. The van der Waals surface area contributed by atoms with E-state index in [2.05, 4.69) is 24.1 Å². The van der Waals surface area contributed by atoms with Crippen LogP contribution in [0, 0.1) is 11.8 Å². The summed E-state index contributed by atoms with van der Waals surface area (Å²) in [6, 6.07) is 0.452. The lowest BCUT2D eigenvalue weighted by atomic mass is 9.94. The van der Waals surface area contributed by atoms with E-state index in [9.17, 15) is 4.79 Å². The Morgan fingerprint density at radius 2 is 2.00 bits per heavy atom. The summed E-state index contributed by atoms with van der Waals surface area (Å²) in [5.41, 5.74) is 0. The van der Waals surface area contributed by atoms with Crippen molar-refractivity contribution in [1.82, 2.24) is 15.1 Å². The van der Waals surface area contributed by atoms with Gasteiger partial charge in [0.2, 0.25) is 5.91 Å². The first-order valence-corrected chi connectivity index (χ1v) is 7.83. The van der Waals surface area contributed by atoms with Gasteiger partial charge in [-0.25, -0.2) is 0 Å². The van der Waals surface area contributed by atoms with Crippen LogP contribution in [0.5, 0.6) is 0 Å². The number of nitrogens with one attached hydrogen (secondary N) is 1. The van der Waals surface area contributed by atoms with Crippen molar-refractivity contribution >= 4 is 5.91 Å². The molecule has 0 spiro atoms. The molecule has 2 heterocycles. The second-order valence-corrected chi connectivity index (χ2v) is 6.26. The molecule has 1 N–H and O–H groups in total. The Kier molecular flexibility index (Phi) is 5.22. The standard InChI is InChI=1S/C15H29N3O/c1-4-7-18-8-5-13(6-9-18)17(3)15(19)14-11-16-10-12(14)2/h12-14,16H,4-11H2,1-3H3. The molecule has 0 aliphatic carbocycles. The summed E-state index contributed by atoms with van der Waals surface area (Å²) in [6.45, 7) is 9.76. The van der Waals surface area contributed by atoms with Gasteiger partial charge in [-0.05, 0) is 38.3 Å². The van der Waals surface area contributed by atoms with Crippen molar-refractivity contribution in [2.75, 3.05) is 39.8 Å². The number of rotatable bonds is 4. The minimum atomic E-state index is 0.193. The lowest BCUT2D eigenvalue weighted by Crippen LogP contribution is -2.48. The monoisotopic (exact) mass is 267 g/mol. The molecule has 0 aromatic rings. The van der Waals surface area contributed by atoms with Crippen LogP contribution in [-0.2, 0) is 4.79 Å². The maximum absolute atomic E-state index is 12.5. The molecule has 0 aromatic heterocycles. The molecule has 19 heavy (non-hydrogen) atoms. The molecule has 2 aliphatic heterocycles. The van der Waals surface area contributed by atoms with E-state index in [0.717, 1.165) is 39.0 Å². The summed E-state index contributed by atoms with van der Waals surface area (Å²) >= 11 is 0. The summed E-state index contributed by atoms with van der Waals surface area (Å²) in [6.07, 6.45) is 3.50. The van der Waals surface area contributed by atoms with Crippen LogP contribution in [0.15, 0.2) is 0 Å². The van der Waals surface area contributed by atoms with Crippen LogP contribution in [-0.4, -0.2) is 61.5 Å². The smallest absolute Gasteiger partial charge is 0.227 e. The first-order valence-electron chi connectivity index (χ1n) is 7.83. The summed E-state index contributed by atoms with van der Waals surface area (Å²) in [5, 5.41) is 3.33. The fourth-order valence-electron chi connectivity index (χ4n) is 3.43. The minimum absolute atomic E-state index is 0.193. The van der Waals surface area contributed by atoms with E-state index in [-0.39, 0.29) is 5.92 Å². The maximum Gasteiger partial charge on any atom is 0.227 e. The third-order valence-corrected chi connectivity index (χ3v) is 4.83. The van der Waals surface area contributed by atoms with Crippen molar-refractivity contribution in [3.8, 4) is 0 Å². The summed E-state index contributed by atoms with van der Waals surface area (Å²) in [5.74, 6) is 1.03. The number of hydrogen-bond donors (Lipinski definition) is 1. The van der Waals surface area contributed by atoms with Gasteiger partial charge in [0.1, 0.15) is 0 Å². The van der Waals surface area contributed by atoms with Crippen LogP contribution in [0.1, 0.15) is 33.1 Å². The van der Waals surface area contributed by atoms with E-state index in [1.54, 1.807) is 0 Å². The van der Waals surface area contributed by atoms with Gasteiger partial charge in [-0.3, -0.25) is 4.79 Å². The Labute approximate surface area is 117 Å². The van der Waals surface area contributed by atoms with Crippen molar-refractivity contribution < 1.29 is 4.79 Å². The number of nitrogens with zero attached hydrogens (tertiary/aromatic N) is 2. The van der Waals surface area contributed by atoms with Crippen molar-refractivity contribution in [2.45, 2.75) is 39.2 Å². The number of amides is 1. The lowest BCUT2D eigenvalue weighted by molar-refractivity contribution is -0.137. The zero-order valence-electron chi connectivity index (χ0n) is 12.7. The van der Waals surface area contributed by atoms with Gasteiger partial charge < -0.3 is 15.1 Å². The van der Waals surface area contributed by atoms with E-state index in [1.165, 1.54) is 13.0 Å². The highest BCUT2D eigenvalue weighted by Gasteiger charge is 2.34. The predicted octanol–water partition coefficient (Wildman–Crippen LogP) is 1.17. The van der Waals surface area contributed by atoms with Crippen LogP contribution in [0.25, 0.3) is 0 Å². The summed E-state index contributed by atoms with van der Waals surface area (Å²) in [4.78, 5) is 17.1. The number of hydrogen-bond acceptors (Lipinski definition) is 3. The quantitative estimate of drug-likeness (QED) is 0.831. The van der Waals surface area contributed by atoms with Crippen molar-refractivity contribution in [1.29, 1.82) is 0 Å². The first kappa shape index (κ1) is 14.8. The van der Waals surface area contributed by atoms with Crippen molar-refractivity contribution in [3.63, 3.8) is 0 Å². The molecule has 0 radical (unpaired) electrons. The van der Waals surface area contributed by atoms with Gasteiger partial charge in [-0.2, -0.15) is 0 Å². The largest absolute Gasteiger partial charge is 0.342 e. The third kappa shape index (κ3) is 3.48. The molecule has 4 heteroatoms. The van der Waals surface area contributed by atoms with Crippen LogP contribution in [0.3, 0.4) is 0 Å². The molecule has 2 atom stereocenters. The SMILES string of the molecule is CCCN1CCC(N(C)C(=O)C2CNCC2C)CC1. The second kappa shape index (κ2) is 6.71. The molecule has 110 valence electrons. The Hall–Kier alpha value is -0.610. The Bertz CT molecular complexity index is 300. The topological polar surface area (TPSA) is 35.6 Å². The van der Waals surface area contributed by atoms with Crippen LogP contribution >= 0.6 is 0 Å². The fraction of sp³-hybridized carbons (Fsp3) is 0.933. The highest BCUT2D eigenvalue weighted by molar-refractivity contribution is 5.79. The Morgan fingerprint density at radius 3 is 2.53 bits per heavy atom. The predicted molar refractivity (Wildman–Crippen MR) is 78.0 cm³/mol. The van der Waals surface area contributed by atoms with Gasteiger partial charge in [0.25, 0.3) is 0 Å². The van der Waals surface area contributed by atoms with Crippen molar-refractivity contribution in [3.05, 3.63) is 0 Å². The van der Waals surface area contributed by atoms with Gasteiger partial charge in [0, 0.05) is 32.7 Å². The first-order chi connectivity index (χ1) is 9.13. The van der Waals surface area contributed by atoms with Gasteiger partial charge in [-0.15, -0.1) is 0 Å². The maximum atomic E-state index is 12.5. The molecular weight excluding hydrogens is 238 g/mol. The van der Waals surface area contributed by atoms with E-state index in [0.29, 0.717) is 17.9 Å². The number of piperidine rings is 1. The average molecular weight is 267 g/mol. The number of likely N-dealkylation sites (tertiary alicyclic amines) is 1. The molecule has 4 nitrogen and oxygen atoms in total. The molecule has 0 bridgehead atoms. The van der Waals surface area contributed by atoms with Gasteiger partial charge in [-0.1, -0.05) is 13.8 Å². The number of carbonyl (C=O) groups excluding carboxylic acids is 1. The molecule has 1 amide bonds. The van der Waals surface area contributed by atoms with Gasteiger partial charge in [0.15, 0.2) is 0 Å². The normalized spacial score (nSPS) is 29.6. The van der Waals surface area contributed by atoms with Gasteiger partial charge in [0.05, 0.1) is 5.92 Å². The van der Waals surface area contributed by atoms with Crippen LogP contribution < -0.4 is 5.32 Å². The average Bonchev–Trinajstić information content (AvgIpc) is 2.84.